The zero-order valence-corrected chi connectivity index (χ0v) is 26.4. The van der Waals surface area contributed by atoms with Gasteiger partial charge in [0, 0.05) is 17.3 Å². The van der Waals surface area contributed by atoms with E-state index in [9.17, 15) is 23.4 Å². The normalized spacial score (nSPS) is 15.0. The van der Waals surface area contributed by atoms with E-state index in [1.54, 1.807) is 43.3 Å². The molecular weight excluding hydrogens is 584 g/mol. The lowest BCUT2D eigenvalue weighted by molar-refractivity contribution is -0.143. The Morgan fingerprint density at radius 3 is 2.25 bits per heavy atom. The standard InChI is InChI=1S/C33H40N2O8S/c1-32(2,3)23-13-15-26(16-14-23)44(39,40)35-29(21-30(37)38)33(4,43-25-11-8-10-24(20-25)41-5)31(42-18-17-36)28-19-22-9-6-7-12-27(22)34-28/h6-16,19-20,29,31,34-36H,17-18,21H2,1-5H3,(H,37,38). The molecule has 1 heterocycles. The highest BCUT2D eigenvalue weighted by molar-refractivity contribution is 7.89. The van der Waals surface area contributed by atoms with Crippen molar-refractivity contribution in [2.24, 2.45) is 0 Å². The lowest BCUT2D eigenvalue weighted by Crippen LogP contribution is -2.59. The van der Waals surface area contributed by atoms with Crippen LogP contribution >= 0.6 is 0 Å². The molecule has 0 aliphatic carbocycles. The highest BCUT2D eigenvalue weighted by Gasteiger charge is 2.49. The fraction of sp³-hybridized carbons (Fsp3) is 0.364. The summed E-state index contributed by atoms with van der Waals surface area (Å²) in [7, 11) is -2.75. The number of fused-ring (bicyclic) bond motifs is 1. The molecule has 3 aromatic carbocycles. The molecule has 4 rings (SSSR count). The van der Waals surface area contributed by atoms with Crippen LogP contribution in [0, 0.1) is 0 Å². The van der Waals surface area contributed by atoms with Crippen LogP contribution < -0.4 is 14.2 Å². The number of hydrogen-bond acceptors (Lipinski definition) is 7. The molecular formula is C33H40N2O8S. The van der Waals surface area contributed by atoms with Crippen LogP contribution in [0.25, 0.3) is 10.9 Å². The number of hydrogen-bond donors (Lipinski definition) is 4. The Kier molecular flexibility index (Phi) is 10.0. The highest BCUT2D eigenvalue weighted by Crippen LogP contribution is 2.40. The van der Waals surface area contributed by atoms with Crippen LogP contribution in [-0.4, -0.2) is 61.6 Å². The summed E-state index contributed by atoms with van der Waals surface area (Å²) in [5, 5.41) is 20.6. The van der Waals surface area contributed by atoms with E-state index in [0.29, 0.717) is 17.2 Å². The van der Waals surface area contributed by atoms with Crippen LogP contribution in [0.2, 0.25) is 0 Å². The summed E-state index contributed by atoms with van der Waals surface area (Å²) in [5.41, 5.74) is 0.370. The predicted octanol–water partition coefficient (Wildman–Crippen LogP) is 5.18. The van der Waals surface area contributed by atoms with Gasteiger partial charge < -0.3 is 29.4 Å². The fourth-order valence-electron chi connectivity index (χ4n) is 5.12. The van der Waals surface area contributed by atoms with E-state index in [1.807, 2.05) is 51.1 Å². The molecule has 0 saturated heterocycles. The summed E-state index contributed by atoms with van der Waals surface area (Å²) in [6, 6.07) is 21.2. The summed E-state index contributed by atoms with van der Waals surface area (Å²) in [5.74, 6) is -0.471. The second kappa shape index (κ2) is 13.4. The Labute approximate surface area is 258 Å². The zero-order chi connectivity index (χ0) is 32.1. The van der Waals surface area contributed by atoms with E-state index in [-0.39, 0.29) is 23.5 Å². The minimum absolute atomic E-state index is 0.0249. The molecule has 3 atom stereocenters. The van der Waals surface area contributed by atoms with E-state index in [0.717, 1.165) is 16.5 Å². The van der Waals surface area contributed by atoms with Crippen molar-refractivity contribution in [3.8, 4) is 11.5 Å². The van der Waals surface area contributed by atoms with Gasteiger partial charge >= 0.3 is 5.97 Å². The maximum absolute atomic E-state index is 13.8. The number of aliphatic carboxylic acids is 1. The number of sulfonamides is 1. The molecule has 4 aromatic rings. The molecule has 0 amide bonds. The number of para-hydroxylation sites is 1. The average Bonchev–Trinajstić information content (AvgIpc) is 3.40. The number of ether oxygens (including phenoxy) is 3. The quantitative estimate of drug-likeness (QED) is 0.150. The number of carboxylic acids is 1. The van der Waals surface area contributed by atoms with Crippen molar-refractivity contribution < 1.29 is 37.6 Å². The molecule has 4 N–H and O–H groups in total. The highest BCUT2D eigenvalue weighted by atomic mass is 32.2. The predicted molar refractivity (Wildman–Crippen MR) is 168 cm³/mol. The number of carboxylic acid groups (broad SMARTS) is 1. The summed E-state index contributed by atoms with van der Waals surface area (Å²) >= 11 is 0. The van der Waals surface area contributed by atoms with Crippen LogP contribution in [0.4, 0.5) is 0 Å². The summed E-state index contributed by atoms with van der Waals surface area (Å²) in [4.78, 5) is 15.6. The van der Waals surface area contributed by atoms with Crippen molar-refractivity contribution >= 4 is 26.9 Å². The van der Waals surface area contributed by atoms with Gasteiger partial charge in [-0.15, -0.1) is 0 Å². The van der Waals surface area contributed by atoms with Gasteiger partial charge in [0.05, 0.1) is 37.7 Å². The molecule has 1 aromatic heterocycles. The van der Waals surface area contributed by atoms with E-state index >= 15 is 0 Å². The molecule has 3 unspecified atom stereocenters. The molecule has 0 aliphatic rings. The van der Waals surface area contributed by atoms with Crippen molar-refractivity contribution in [3.05, 3.63) is 90.1 Å². The molecule has 44 heavy (non-hydrogen) atoms. The molecule has 0 fully saturated rings. The summed E-state index contributed by atoms with van der Waals surface area (Å²) in [6.45, 7) is 7.21. The number of aliphatic hydroxyl groups excluding tert-OH is 1. The number of rotatable bonds is 14. The molecule has 236 valence electrons. The maximum Gasteiger partial charge on any atom is 0.305 e. The van der Waals surface area contributed by atoms with E-state index in [4.69, 9.17) is 14.2 Å². The van der Waals surface area contributed by atoms with Gasteiger partial charge in [0.1, 0.15) is 17.6 Å². The van der Waals surface area contributed by atoms with Crippen LogP contribution in [0.5, 0.6) is 11.5 Å². The molecule has 0 bridgehead atoms. The zero-order valence-electron chi connectivity index (χ0n) is 25.5. The van der Waals surface area contributed by atoms with Crippen LogP contribution in [0.15, 0.2) is 83.8 Å². The maximum atomic E-state index is 13.8. The van der Waals surface area contributed by atoms with Gasteiger partial charge in [-0.25, -0.2) is 13.1 Å². The molecule has 0 aliphatic heterocycles. The van der Waals surface area contributed by atoms with Gasteiger partial charge in [-0.3, -0.25) is 4.79 Å². The summed E-state index contributed by atoms with van der Waals surface area (Å²) in [6.07, 6.45) is -1.71. The van der Waals surface area contributed by atoms with Crippen LogP contribution in [0.3, 0.4) is 0 Å². The largest absolute Gasteiger partial charge is 0.497 e. The molecule has 0 radical (unpaired) electrons. The lowest BCUT2D eigenvalue weighted by Gasteiger charge is -2.42. The molecule has 0 saturated carbocycles. The third-order valence-electron chi connectivity index (χ3n) is 7.51. The van der Waals surface area contributed by atoms with E-state index < -0.39 is 40.2 Å². The van der Waals surface area contributed by atoms with Crippen molar-refractivity contribution in [2.75, 3.05) is 20.3 Å². The van der Waals surface area contributed by atoms with Crippen LogP contribution in [0.1, 0.15) is 51.5 Å². The van der Waals surface area contributed by atoms with Gasteiger partial charge in [-0.05, 0) is 59.7 Å². The second-order valence-corrected chi connectivity index (χ2v) is 13.5. The number of aromatic amines is 1. The monoisotopic (exact) mass is 624 g/mol. The minimum Gasteiger partial charge on any atom is -0.497 e. The molecule has 10 nitrogen and oxygen atoms in total. The number of aliphatic hydroxyl groups is 1. The van der Waals surface area contributed by atoms with Crippen molar-refractivity contribution in [2.45, 2.75) is 62.2 Å². The number of aromatic nitrogens is 1. The lowest BCUT2D eigenvalue weighted by atomic mass is 9.86. The smallest absolute Gasteiger partial charge is 0.305 e. The summed E-state index contributed by atoms with van der Waals surface area (Å²) < 4.78 is 48.4. The fourth-order valence-corrected chi connectivity index (χ4v) is 6.45. The number of methoxy groups -OCH3 is 1. The first-order valence-electron chi connectivity index (χ1n) is 14.2. The molecule has 0 spiro atoms. The Balaban J connectivity index is 1.86. The third kappa shape index (κ3) is 7.59. The van der Waals surface area contributed by atoms with Gasteiger partial charge in [-0.1, -0.05) is 57.2 Å². The first kappa shape index (κ1) is 33.0. The van der Waals surface area contributed by atoms with Crippen molar-refractivity contribution in [1.82, 2.24) is 9.71 Å². The Morgan fingerprint density at radius 1 is 0.955 bits per heavy atom. The van der Waals surface area contributed by atoms with E-state index in [1.165, 1.54) is 19.2 Å². The Morgan fingerprint density at radius 2 is 1.64 bits per heavy atom. The number of carbonyl (C=O) groups is 1. The van der Waals surface area contributed by atoms with Gasteiger partial charge in [0.25, 0.3) is 0 Å². The number of H-pyrrole nitrogens is 1. The van der Waals surface area contributed by atoms with Crippen molar-refractivity contribution in [1.29, 1.82) is 0 Å². The first-order chi connectivity index (χ1) is 20.8. The Hall–Kier alpha value is -3.90. The topological polar surface area (TPSA) is 147 Å². The Bertz CT molecular complexity index is 1640. The number of benzene rings is 3. The molecule has 11 heteroatoms. The van der Waals surface area contributed by atoms with Gasteiger partial charge in [-0.2, -0.15) is 0 Å². The first-order valence-corrected chi connectivity index (χ1v) is 15.7. The van der Waals surface area contributed by atoms with Gasteiger partial charge in [0.15, 0.2) is 5.60 Å². The van der Waals surface area contributed by atoms with E-state index in [2.05, 4.69) is 9.71 Å². The SMILES string of the molecule is COc1cccc(OC(C)(C(CC(=O)O)NS(=O)(=O)c2ccc(C(C)(C)C)cc2)C(OCCO)c2cc3ccccc3[nH]2)c1. The average molecular weight is 625 g/mol. The van der Waals surface area contributed by atoms with Crippen molar-refractivity contribution in [3.63, 3.8) is 0 Å². The van der Waals surface area contributed by atoms with Gasteiger partial charge in [0.2, 0.25) is 10.0 Å². The second-order valence-electron chi connectivity index (χ2n) is 11.8. The van der Waals surface area contributed by atoms with Crippen LogP contribution in [-0.2, 0) is 25.0 Å². The number of nitrogens with one attached hydrogen (secondary N) is 2. The minimum atomic E-state index is -4.25. The third-order valence-corrected chi connectivity index (χ3v) is 8.99.